The molecule has 0 unspecified atom stereocenters. The number of amides is 1. The molecule has 144 valence electrons. The van der Waals surface area contributed by atoms with E-state index in [2.05, 4.69) is 15.3 Å². The van der Waals surface area contributed by atoms with Crippen molar-refractivity contribution in [1.82, 2.24) is 5.43 Å². The van der Waals surface area contributed by atoms with E-state index in [1.165, 1.54) is 25.5 Å². The van der Waals surface area contributed by atoms with Gasteiger partial charge in [-0.2, -0.15) is 13.9 Å². The number of hydrogen-bond donors (Lipinski definition) is 1. The van der Waals surface area contributed by atoms with Gasteiger partial charge in [0.1, 0.15) is 5.75 Å². The van der Waals surface area contributed by atoms with Crippen LogP contribution in [-0.2, 0) is 4.79 Å². The van der Waals surface area contributed by atoms with Crippen molar-refractivity contribution in [2.24, 2.45) is 5.10 Å². The first-order valence-electron chi connectivity index (χ1n) is 7.72. The van der Waals surface area contributed by atoms with Crippen LogP contribution in [0.5, 0.6) is 17.2 Å². The van der Waals surface area contributed by atoms with Crippen LogP contribution >= 0.6 is 11.6 Å². The highest BCUT2D eigenvalue weighted by Crippen LogP contribution is 2.29. The highest BCUT2D eigenvalue weighted by atomic mass is 35.5. The van der Waals surface area contributed by atoms with Gasteiger partial charge in [-0.1, -0.05) is 11.6 Å². The Morgan fingerprint density at radius 3 is 2.70 bits per heavy atom. The number of nitrogens with zero attached hydrogens (tertiary/aromatic N) is 1. The lowest BCUT2D eigenvalue weighted by Gasteiger charge is -2.10. The van der Waals surface area contributed by atoms with Gasteiger partial charge in [-0.3, -0.25) is 4.79 Å². The van der Waals surface area contributed by atoms with Gasteiger partial charge in [0.05, 0.1) is 13.3 Å². The first-order chi connectivity index (χ1) is 12.9. The van der Waals surface area contributed by atoms with Gasteiger partial charge in [0.25, 0.3) is 5.91 Å². The molecule has 1 N–H and O–H groups in total. The van der Waals surface area contributed by atoms with Crippen LogP contribution < -0.4 is 19.6 Å². The second-order valence-electron chi connectivity index (χ2n) is 5.28. The third-order valence-corrected chi connectivity index (χ3v) is 3.73. The lowest BCUT2D eigenvalue weighted by atomic mass is 10.2. The third-order valence-electron chi connectivity index (χ3n) is 3.31. The Morgan fingerprint density at radius 1 is 1.26 bits per heavy atom. The molecule has 0 radical (unpaired) electrons. The molecular formula is C18H17ClF2N2O4. The van der Waals surface area contributed by atoms with E-state index in [1.807, 2.05) is 6.92 Å². The largest absolute Gasteiger partial charge is 0.493 e. The Bertz CT molecular complexity index is 831. The molecule has 9 heteroatoms. The number of hydrogen-bond acceptors (Lipinski definition) is 5. The molecule has 27 heavy (non-hydrogen) atoms. The summed E-state index contributed by atoms with van der Waals surface area (Å²) in [5.41, 5.74) is 3.53. The van der Waals surface area contributed by atoms with E-state index >= 15 is 0 Å². The van der Waals surface area contributed by atoms with E-state index in [0.29, 0.717) is 16.3 Å². The average Bonchev–Trinajstić information content (AvgIpc) is 2.62. The van der Waals surface area contributed by atoms with Crippen LogP contribution in [0.25, 0.3) is 0 Å². The van der Waals surface area contributed by atoms with Gasteiger partial charge in [-0.15, -0.1) is 0 Å². The summed E-state index contributed by atoms with van der Waals surface area (Å²) in [6.07, 6.45) is 1.28. The molecular weight excluding hydrogens is 382 g/mol. The van der Waals surface area contributed by atoms with Crippen molar-refractivity contribution >= 4 is 23.7 Å². The zero-order valence-electron chi connectivity index (χ0n) is 14.5. The van der Waals surface area contributed by atoms with Gasteiger partial charge in [0, 0.05) is 5.02 Å². The van der Waals surface area contributed by atoms with Gasteiger partial charge in [0.2, 0.25) is 0 Å². The number of methoxy groups -OCH3 is 1. The Kier molecular flexibility index (Phi) is 7.36. The van der Waals surface area contributed by atoms with Crippen LogP contribution in [0.1, 0.15) is 11.1 Å². The smallest absolute Gasteiger partial charge is 0.387 e. The highest BCUT2D eigenvalue weighted by molar-refractivity contribution is 6.31. The highest BCUT2D eigenvalue weighted by Gasteiger charge is 2.11. The Hall–Kier alpha value is -2.87. The topological polar surface area (TPSA) is 69.2 Å². The number of alkyl halides is 2. The molecule has 0 bridgehead atoms. The minimum absolute atomic E-state index is 0.135. The summed E-state index contributed by atoms with van der Waals surface area (Å²) in [4.78, 5) is 11.8. The lowest BCUT2D eigenvalue weighted by molar-refractivity contribution is -0.123. The fraction of sp³-hybridized carbons (Fsp3) is 0.222. The van der Waals surface area contributed by atoms with Gasteiger partial charge in [-0.25, -0.2) is 5.43 Å². The Labute approximate surface area is 159 Å². The van der Waals surface area contributed by atoms with Gasteiger partial charge >= 0.3 is 6.61 Å². The number of benzene rings is 2. The van der Waals surface area contributed by atoms with Crippen LogP contribution in [0.15, 0.2) is 41.5 Å². The molecule has 0 fully saturated rings. The fourth-order valence-corrected chi connectivity index (χ4v) is 2.15. The van der Waals surface area contributed by atoms with Crippen molar-refractivity contribution < 1.29 is 27.8 Å². The van der Waals surface area contributed by atoms with E-state index in [9.17, 15) is 13.6 Å². The summed E-state index contributed by atoms with van der Waals surface area (Å²) >= 11 is 5.92. The van der Waals surface area contributed by atoms with Gasteiger partial charge in [0.15, 0.2) is 18.1 Å². The maximum atomic E-state index is 12.4. The minimum Gasteiger partial charge on any atom is -0.493 e. The fourth-order valence-electron chi connectivity index (χ4n) is 2.03. The predicted octanol–water partition coefficient (Wildman–Crippen LogP) is 3.79. The van der Waals surface area contributed by atoms with Crippen molar-refractivity contribution in [3.63, 3.8) is 0 Å². The third kappa shape index (κ3) is 6.41. The summed E-state index contributed by atoms with van der Waals surface area (Å²) in [7, 11) is 1.34. The number of ether oxygens (including phenoxy) is 3. The predicted molar refractivity (Wildman–Crippen MR) is 97.0 cm³/mol. The number of carbonyl (C=O) groups is 1. The second-order valence-corrected chi connectivity index (χ2v) is 5.69. The van der Waals surface area contributed by atoms with Crippen molar-refractivity contribution in [3.8, 4) is 17.2 Å². The summed E-state index contributed by atoms with van der Waals surface area (Å²) in [6.45, 7) is -1.42. The molecule has 0 aliphatic heterocycles. The quantitative estimate of drug-likeness (QED) is 0.542. The molecule has 2 rings (SSSR count). The molecule has 0 heterocycles. The van der Waals surface area contributed by atoms with Crippen molar-refractivity contribution in [2.75, 3.05) is 13.7 Å². The van der Waals surface area contributed by atoms with Crippen molar-refractivity contribution in [1.29, 1.82) is 0 Å². The second kappa shape index (κ2) is 9.72. The molecule has 0 aliphatic carbocycles. The molecule has 0 aliphatic rings. The standard InChI is InChI=1S/C18H17ClF2N2O4/c1-11-7-13(4-5-14(11)19)26-10-17(24)23-22-9-12-3-6-15(25-2)16(8-12)27-18(20)21/h3-9,18H,10H2,1-2H3,(H,23,24)/b22-9-. The normalized spacial score (nSPS) is 10.9. The van der Waals surface area contributed by atoms with Crippen LogP contribution in [0.4, 0.5) is 8.78 Å². The Balaban J connectivity index is 1.90. The van der Waals surface area contributed by atoms with Gasteiger partial charge < -0.3 is 14.2 Å². The number of rotatable bonds is 8. The number of halogens is 3. The molecule has 0 saturated carbocycles. The van der Waals surface area contributed by atoms with E-state index in [4.69, 9.17) is 21.1 Å². The maximum Gasteiger partial charge on any atom is 0.387 e. The average molecular weight is 399 g/mol. The molecule has 1 amide bonds. The summed E-state index contributed by atoms with van der Waals surface area (Å²) in [5.74, 6) is 0.0313. The number of aryl methyl sites for hydroxylation is 1. The van der Waals surface area contributed by atoms with Crippen LogP contribution in [0, 0.1) is 6.92 Å². The number of nitrogens with one attached hydrogen (secondary N) is 1. The van der Waals surface area contributed by atoms with Crippen molar-refractivity contribution in [3.05, 3.63) is 52.5 Å². The molecule has 6 nitrogen and oxygen atoms in total. The Morgan fingerprint density at radius 2 is 2.04 bits per heavy atom. The molecule has 2 aromatic rings. The molecule has 0 spiro atoms. The zero-order valence-corrected chi connectivity index (χ0v) is 15.3. The molecule has 2 aromatic carbocycles. The monoisotopic (exact) mass is 398 g/mol. The van der Waals surface area contributed by atoms with Crippen LogP contribution in [0.2, 0.25) is 5.02 Å². The SMILES string of the molecule is COc1ccc(/C=N\NC(=O)COc2ccc(Cl)c(C)c2)cc1OC(F)F. The summed E-state index contributed by atoms with van der Waals surface area (Å²) < 4.78 is 39.5. The number of carbonyl (C=O) groups excluding carboxylic acids is 1. The van der Waals surface area contributed by atoms with Crippen LogP contribution in [0.3, 0.4) is 0 Å². The van der Waals surface area contributed by atoms with E-state index in [1.54, 1.807) is 24.3 Å². The van der Waals surface area contributed by atoms with Crippen LogP contribution in [-0.4, -0.2) is 32.4 Å². The van der Waals surface area contributed by atoms with E-state index in [0.717, 1.165) is 5.56 Å². The van der Waals surface area contributed by atoms with Crippen molar-refractivity contribution in [2.45, 2.75) is 13.5 Å². The molecule has 0 aromatic heterocycles. The summed E-state index contributed by atoms with van der Waals surface area (Å²) in [6, 6.07) is 9.36. The van der Waals surface area contributed by atoms with E-state index in [-0.39, 0.29) is 18.1 Å². The molecule has 0 atom stereocenters. The van der Waals surface area contributed by atoms with Gasteiger partial charge in [-0.05, 0) is 54.4 Å². The first-order valence-corrected chi connectivity index (χ1v) is 8.10. The molecule has 0 saturated heterocycles. The summed E-state index contributed by atoms with van der Waals surface area (Å²) in [5, 5.41) is 4.35. The maximum absolute atomic E-state index is 12.4. The lowest BCUT2D eigenvalue weighted by Crippen LogP contribution is -2.24. The number of hydrazone groups is 1. The zero-order chi connectivity index (χ0) is 19.8. The minimum atomic E-state index is -2.99. The first kappa shape index (κ1) is 20.4. The van der Waals surface area contributed by atoms with E-state index < -0.39 is 12.5 Å².